The molecule has 0 aliphatic carbocycles. The van der Waals surface area contributed by atoms with Gasteiger partial charge in [0.2, 0.25) is 11.9 Å². The average molecular weight is 314 g/mol. The summed E-state index contributed by atoms with van der Waals surface area (Å²) in [5.74, 6) is 2.38. The summed E-state index contributed by atoms with van der Waals surface area (Å²) in [7, 11) is 0. The number of nitrogens with one attached hydrogen (secondary N) is 1. The highest BCUT2D eigenvalue weighted by Crippen LogP contribution is 2.20. The van der Waals surface area contributed by atoms with Crippen molar-refractivity contribution in [2.75, 3.05) is 18.0 Å². The Morgan fingerprint density at radius 1 is 1.39 bits per heavy atom. The first kappa shape index (κ1) is 15.5. The molecule has 23 heavy (non-hydrogen) atoms. The van der Waals surface area contributed by atoms with Crippen LogP contribution in [0.15, 0.2) is 28.8 Å². The minimum Gasteiger partial charge on any atom is -0.465 e. The van der Waals surface area contributed by atoms with Crippen LogP contribution in [-0.4, -0.2) is 29.0 Å². The lowest BCUT2D eigenvalue weighted by molar-refractivity contribution is -0.125. The second kappa shape index (κ2) is 6.81. The maximum absolute atomic E-state index is 12.4. The highest BCUT2D eigenvalue weighted by Gasteiger charge is 2.27. The van der Waals surface area contributed by atoms with Crippen molar-refractivity contribution in [2.24, 2.45) is 5.92 Å². The van der Waals surface area contributed by atoms with Gasteiger partial charge in [0.1, 0.15) is 11.5 Å². The Bertz CT molecular complexity index is 683. The Labute approximate surface area is 135 Å². The van der Waals surface area contributed by atoms with Crippen molar-refractivity contribution in [2.45, 2.75) is 33.2 Å². The molecule has 2 aromatic heterocycles. The Hall–Kier alpha value is -2.37. The third-order valence-electron chi connectivity index (χ3n) is 4.09. The second-order valence-corrected chi connectivity index (χ2v) is 6.01. The molecule has 6 nitrogen and oxygen atoms in total. The maximum atomic E-state index is 12.4. The van der Waals surface area contributed by atoms with Crippen molar-refractivity contribution < 1.29 is 9.21 Å². The summed E-state index contributed by atoms with van der Waals surface area (Å²) >= 11 is 0. The number of piperidine rings is 1. The van der Waals surface area contributed by atoms with Gasteiger partial charge in [-0.25, -0.2) is 9.97 Å². The van der Waals surface area contributed by atoms with E-state index < -0.39 is 0 Å². The molecular weight excluding hydrogens is 292 g/mol. The van der Waals surface area contributed by atoms with Gasteiger partial charge >= 0.3 is 0 Å². The number of rotatable bonds is 4. The van der Waals surface area contributed by atoms with Gasteiger partial charge in [0.15, 0.2) is 0 Å². The fourth-order valence-electron chi connectivity index (χ4n) is 2.86. The molecule has 0 spiro atoms. The van der Waals surface area contributed by atoms with Crippen molar-refractivity contribution >= 4 is 11.9 Å². The van der Waals surface area contributed by atoms with Crippen molar-refractivity contribution in [1.29, 1.82) is 0 Å². The minimum atomic E-state index is -0.0380. The molecular formula is C17H22N4O2. The van der Waals surface area contributed by atoms with Gasteiger partial charge in [0.25, 0.3) is 0 Å². The van der Waals surface area contributed by atoms with Crippen LogP contribution in [0.3, 0.4) is 0 Å². The Morgan fingerprint density at radius 2 is 2.26 bits per heavy atom. The lowest BCUT2D eigenvalue weighted by atomic mass is 9.97. The smallest absolute Gasteiger partial charge is 0.225 e. The maximum Gasteiger partial charge on any atom is 0.225 e. The van der Waals surface area contributed by atoms with E-state index in [1.54, 1.807) is 6.20 Å². The Morgan fingerprint density at radius 3 is 3.00 bits per heavy atom. The molecule has 1 atom stereocenters. The molecule has 1 unspecified atom stereocenters. The highest BCUT2D eigenvalue weighted by atomic mass is 16.3. The van der Waals surface area contributed by atoms with E-state index in [-0.39, 0.29) is 11.8 Å². The zero-order valence-electron chi connectivity index (χ0n) is 13.6. The summed E-state index contributed by atoms with van der Waals surface area (Å²) < 4.78 is 5.48. The summed E-state index contributed by atoms with van der Waals surface area (Å²) in [6.45, 7) is 5.83. The average Bonchev–Trinajstić information content (AvgIpc) is 2.98. The zero-order chi connectivity index (χ0) is 16.2. The van der Waals surface area contributed by atoms with Gasteiger partial charge in [0.05, 0.1) is 12.5 Å². The van der Waals surface area contributed by atoms with E-state index in [0.717, 1.165) is 36.6 Å². The normalized spacial score (nSPS) is 18.0. The molecule has 1 aliphatic heterocycles. The van der Waals surface area contributed by atoms with Gasteiger partial charge in [-0.15, -0.1) is 0 Å². The molecule has 0 bridgehead atoms. The van der Waals surface area contributed by atoms with E-state index in [1.165, 1.54) is 0 Å². The van der Waals surface area contributed by atoms with Crippen LogP contribution in [-0.2, 0) is 11.3 Å². The molecule has 2 aromatic rings. The standard InChI is InChI=1S/C17H22N4O2/c1-12-7-8-18-17(20-12)21-9-3-4-14(11-21)16(22)19-10-15-6-5-13(2)23-15/h5-8,14H,3-4,9-11H2,1-2H3,(H,19,22). The first-order chi connectivity index (χ1) is 11.1. The topological polar surface area (TPSA) is 71.3 Å². The van der Waals surface area contributed by atoms with E-state index in [2.05, 4.69) is 20.2 Å². The molecule has 0 radical (unpaired) electrons. The van der Waals surface area contributed by atoms with E-state index in [0.29, 0.717) is 19.0 Å². The summed E-state index contributed by atoms with van der Waals surface area (Å²) in [5.41, 5.74) is 0.940. The van der Waals surface area contributed by atoms with E-state index in [1.807, 2.05) is 32.0 Å². The number of furan rings is 1. The summed E-state index contributed by atoms with van der Waals surface area (Å²) in [6, 6.07) is 5.67. The third-order valence-corrected chi connectivity index (χ3v) is 4.09. The van der Waals surface area contributed by atoms with Crippen LogP contribution < -0.4 is 10.2 Å². The molecule has 3 heterocycles. The van der Waals surface area contributed by atoms with Gasteiger partial charge in [-0.1, -0.05) is 0 Å². The van der Waals surface area contributed by atoms with Crippen LogP contribution >= 0.6 is 0 Å². The fourth-order valence-corrected chi connectivity index (χ4v) is 2.86. The van der Waals surface area contributed by atoms with Crippen molar-refractivity contribution in [3.05, 3.63) is 41.6 Å². The number of amides is 1. The number of aryl methyl sites for hydroxylation is 2. The van der Waals surface area contributed by atoms with Crippen molar-refractivity contribution in [3.8, 4) is 0 Å². The van der Waals surface area contributed by atoms with E-state index in [4.69, 9.17) is 4.42 Å². The molecule has 1 aliphatic rings. The van der Waals surface area contributed by atoms with Crippen LogP contribution in [0.4, 0.5) is 5.95 Å². The van der Waals surface area contributed by atoms with E-state index >= 15 is 0 Å². The molecule has 122 valence electrons. The highest BCUT2D eigenvalue weighted by molar-refractivity contribution is 5.79. The van der Waals surface area contributed by atoms with E-state index in [9.17, 15) is 4.79 Å². The third kappa shape index (κ3) is 3.88. The minimum absolute atomic E-state index is 0.0380. The fraction of sp³-hybridized carbons (Fsp3) is 0.471. The van der Waals surface area contributed by atoms with Gasteiger partial charge in [0, 0.05) is 25.0 Å². The monoisotopic (exact) mass is 314 g/mol. The number of carbonyl (C=O) groups is 1. The number of carbonyl (C=O) groups excluding carboxylic acids is 1. The Balaban J connectivity index is 1.58. The van der Waals surface area contributed by atoms with Gasteiger partial charge in [-0.05, 0) is 44.9 Å². The second-order valence-electron chi connectivity index (χ2n) is 6.01. The van der Waals surface area contributed by atoms with Crippen LogP contribution in [0.25, 0.3) is 0 Å². The molecule has 6 heteroatoms. The number of nitrogens with zero attached hydrogens (tertiary/aromatic N) is 3. The van der Waals surface area contributed by atoms with Crippen LogP contribution in [0, 0.1) is 19.8 Å². The predicted molar refractivity (Wildman–Crippen MR) is 87.0 cm³/mol. The van der Waals surface area contributed by atoms with Gasteiger partial charge < -0.3 is 14.6 Å². The molecule has 3 rings (SSSR count). The van der Waals surface area contributed by atoms with Crippen LogP contribution in [0.5, 0.6) is 0 Å². The number of hydrogen-bond acceptors (Lipinski definition) is 5. The van der Waals surface area contributed by atoms with Gasteiger partial charge in [-0.2, -0.15) is 0 Å². The Kier molecular flexibility index (Phi) is 4.60. The summed E-state index contributed by atoms with van der Waals surface area (Å²) in [4.78, 5) is 23.3. The summed E-state index contributed by atoms with van der Waals surface area (Å²) in [5, 5.41) is 2.97. The molecule has 1 amide bonds. The predicted octanol–water partition coefficient (Wildman–Crippen LogP) is 2.22. The lowest BCUT2D eigenvalue weighted by Crippen LogP contribution is -2.43. The first-order valence-electron chi connectivity index (χ1n) is 7.99. The van der Waals surface area contributed by atoms with Crippen molar-refractivity contribution in [3.63, 3.8) is 0 Å². The van der Waals surface area contributed by atoms with Crippen molar-refractivity contribution in [1.82, 2.24) is 15.3 Å². The number of hydrogen-bond donors (Lipinski definition) is 1. The quantitative estimate of drug-likeness (QED) is 0.937. The van der Waals surface area contributed by atoms with Crippen LogP contribution in [0.2, 0.25) is 0 Å². The number of aromatic nitrogens is 2. The molecule has 0 saturated carbocycles. The molecule has 0 aromatic carbocycles. The summed E-state index contributed by atoms with van der Waals surface area (Å²) in [6.07, 6.45) is 3.63. The van der Waals surface area contributed by atoms with Gasteiger partial charge in [-0.3, -0.25) is 4.79 Å². The molecule has 1 saturated heterocycles. The number of anilines is 1. The largest absolute Gasteiger partial charge is 0.465 e. The first-order valence-corrected chi connectivity index (χ1v) is 7.99. The van der Waals surface area contributed by atoms with Crippen LogP contribution in [0.1, 0.15) is 30.1 Å². The lowest BCUT2D eigenvalue weighted by Gasteiger charge is -2.32. The molecule has 1 fully saturated rings. The molecule has 1 N–H and O–H groups in total. The zero-order valence-corrected chi connectivity index (χ0v) is 13.6. The SMILES string of the molecule is Cc1ccnc(N2CCCC(C(=O)NCc3ccc(C)o3)C2)n1.